The van der Waals surface area contributed by atoms with Gasteiger partial charge in [0.05, 0.1) is 5.75 Å². The number of aryl methyl sites for hydroxylation is 1. The molecule has 5 heteroatoms. The summed E-state index contributed by atoms with van der Waals surface area (Å²) in [4.78, 5) is 2.37. The highest BCUT2D eigenvalue weighted by Crippen LogP contribution is 2.36. The molecule has 0 saturated heterocycles. The average Bonchev–Trinajstić information content (AvgIpc) is 2.68. The lowest BCUT2D eigenvalue weighted by atomic mass is 9.84. The Balaban J connectivity index is 1.69. The Bertz CT molecular complexity index is 1090. The van der Waals surface area contributed by atoms with E-state index in [1.807, 2.05) is 25.1 Å². The lowest BCUT2D eigenvalue weighted by Gasteiger charge is -2.37. The number of hydrogen-bond donors (Lipinski definition) is 1. The van der Waals surface area contributed by atoms with Crippen LogP contribution in [0.1, 0.15) is 33.7 Å². The predicted octanol–water partition coefficient (Wildman–Crippen LogP) is 3.94. The standard InChI is InChI=1S/C23H24N2O2S/c1-17-13-21(12-11-20(17)16-28(24,26)27)25-14-19-9-5-6-10-22(19)23(15-25)18-7-3-2-4-8-18/h2-13,23H,14-16H2,1H3,(H2,24,26,27). The lowest BCUT2D eigenvalue weighted by molar-refractivity contribution is 0.597. The Morgan fingerprint density at radius 3 is 2.43 bits per heavy atom. The summed E-state index contributed by atoms with van der Waals surface area (Å²) >= 11 is 0. The Hall–Kier alpha value is -2.63. The Labute approximate surface area is 166 Å². The SMILES string of the molecule is Cc1cc(N2Cc3ccccc3C(c3ccccc3)C2)ccc1CS(N)(=O)=O. The van der Waals surface area contributed by atoms with Crippen LogP contribution in [-0.4, -0.2) is 15.0 Å². The van der Waals surface area contributed by atoms with Crippen molar-refractivity contribution < 1.29 is 8.42 Å². The maximum atomic E-state index is 11.4. The molecule has 0 aliphatic carbocycles. The fourth-order valence-electron chi connectivity index (χ4n) is 4.03. The average molecular weight is 393 g/mol. The first-order valence-corrected chi connectivity index (χ1v) is 11.1. The summed E-state index contributed by atoms with van der Waals surface area (Å²) in [6, 6.07) is 25.2. The van der Waals surface area contributed by atoms with E-state index < -0.39 is 10.0 Å². The molecule has 0 amide bonds. The Morgan fingerprint density at radius 2 is 1.71 bits per heavy atom. The van der Waals surface area contributed by atoms with Crippen molar-refractivity contribution in [2.45, 2.75) is 25.1 Å². The smallest absolute Gasteiger partial charge is 0.213 e. The fourth-order valence-corrected chi connectivity index (χ4v) is 4.79. The summed E-state index contributed by atoms with van der Waals surface area (Å²) in [6.45, 7) is 3.67. The Morgan fingerprint density at radius 1 is 1.00 bits per heavy atom. The molecular weight excluding hydrogens is 368 g/mol. The molecule has 144 valence electrons. The van der Waals surface area contributed by atoms with Gasteiger partial charge in [0.15, 0.2) is 0 Å². The third-order valence-electron chi connectivity index (χ3n) is 5.44. The van der Waals surface area contributed by atoms with E-state index in [2.05, 4.69) is 59.5 Å². The van der Waals surface area contributed by atoms with Gasteiger partial charge in [0.2, 0.25) is 10.0 Å². The summed E-state index contributed by atoms with van der Waals surface area (Å²) in [7, 11) is -3.54. The number of sulfonamides is 1. The van der Waals surface area contributed by atoms with Gasteiger partial charge in [-0.1, -0.05) is 60.7 Å². The molecule has 3 aromatic carbocycles. The zero-order chi connectivity index (χ0) is 19.7. The molecule has 0 bridgehead atoms. The maximum absolute atomic E-state index is 11.4. The van der Waals surface area contributed by atoms with E-state index in [1.165, 1.54) is 16.7 Å². The summed E-state index contributed by atoms with van der Waals surface area (Å²) < 4.78 is 22.9. The largest absolute Gasteiger partial charge is 0.366 e. The van der Waals surface area contributed by atoms with Crippen molar-refractivity contribution in [3.05, 3.63) is 101 Å². The van der Waals surface area contributed by atoms with Crippen LogP contribution in [0.4, 0.5) is 5.69 Å². The molecule has 1 heterocycles. The number of fused-ring (bicyclic) bond motifs is 1. The molecule has 0 saturated carbocycles. The van der Waals surface area contributed by atoms with Gasteiger partial charge in [0.25, 0.3) is 0 Å². The van der Waals surface area contributed by atoms with Crippen LogP contribution in [0.15, 0.2) is 72.8 Å². The molecule has 0 radical (unpaired) electrons. The molecule has 1 atom stereocenters. The molecule has 0 spiro atoms. The van der Waals surface area contributed by atoms with Crippen LogP contribution in [0, 0.1) is 6.92 Å². The van der Waals surface area contributed by atoms with E-state index in [0.29, 0.717) is 5.92 Å². The second-order valence-corrected chi connectivity index (χ2v) is 9.07. The quantitative estimate of drug-likeness (QED) is 0.732. The first kappa shape index (κ1) is 18.7. The minimum atomic E-state index is -3.54. The highest BCUT2D eigenvalue weighted by Gasteiger charge is 2.26. The van der Waals surface area contributed by atoms with Gasteiger partial charge in [-0.05, 0) is 46.9 Å². The topological polar surface area (TPSA) is 63.4 Å². The van der Waals surface area contributed by atoms with Crippen LogP contribution in [-0.2, 0) is 22.3 Å². The third-order valence-corrected chi connectivity index (χ3v) is 6.16. The molecule has 4 nitrogen and oxygen atoms in total. The van der Waals surface area contributed by atoms with E-state index in [9.17, 15) is 8.42 Å². The molecule has 1 aliphatic heterocycles. The monoisotopic (exact) mass is 392 g/mol. The van der Waals surface area contributed by atoms with Crippen LogP contribution >= 0.6 is 0 Å². The van der Waals surface area contributed by atoms with Crippen LogP contribution in [0.2, 0.25) is 0 Å². The van der Waals surface area contributed by atoms with Crippen molar-refractivity contribution >= 4 is 15.7 Å². The van der Waals surface area contributed by atoms with Gasteiger partial charge >= 0.3 is 0 Å². The van der Waals surface area contributed by atoms with Gasteiger partial charge < -0.3 is 4.90 Å². The van der Waals surface area contributed by atoms with Crippen LogP contribution in [0.25, 0.3) is 0 Å². The highest BCUT2D eigenvalue weighted by atomic mass is 32.2. The molecule has 4 rings (SSSR count). The molecule has 2 N–H and O–H groups in total. The third kappa shape index (κ3) is 3.96. The molecular formula is C23H24N2O2S. The minimum Gasteiger partial charge on any atom is -0.366 e. The normalized spacial score (nSPS) is 16.6. The minimum absolute atomic E-state index is 0.130. The Kier molecular flexibility index (Phi) is 4.96. The first-order valence-electron chi connectivity index (χ1n) is 9.38. The van der Waals surface area contributed by atoms with Crippen LogP contribution < -0.4 is 10.0 Å². The van der Waals surface area contributed by atoms with E-state index in [4.69, 9.17) is 5.14 Å². The summed E-state index contributed by atoms with van der Waals surface area (Å²) in [5.74, 6) is 0.171. The number of hydrogen-bond acceptors (Lipinski definition) is 3. The molecule has 28 heavy (non-hydrogen) atoms. The summed E-state index contributed by atoms with van der Waals surface area (Å²) in [6.07, 6.45) is 0. The second kappa shape index (κ2) is 7.41. The second-order valence-electron chi connectivity index (χ2n) is 7.46. The molecule has 3 aromatic rings. The van der Waals surface area contributed by atoms with Gasteiger partial charge in [-0.3, -0.25) is 0 Å². The van der Waals surface area contributed by atoms with Gasteiger partial charge in [0.1, 0.15) is 0 Å². The van der Waals surface area contributed by atoms with Crippen molar-refractivity contribution in [1.29, 1.82) is 0 Å². The number of benzene rings is 3. The fraction of sp³-hybridized carbons (Fsp3) is 0.217. The highest BCUT2D eigenvalue weighted by molar-refractivity contribution is 7.88. The number of rotatable bonds is 4. The number of nitrogens with two attached hydrogens (primary N) is 1. The van der Waals surface area contributed by atoms with Gasteiger partial charge in [-0.2, -0.15) is 0 Å². The zero-order valence-corrected chi connectivity index (χ0v) is 16.7. The summed E-state index contributed by atoms with van der Waals surface area (Å²) in [5, 5.41) is 5.21. The van der Waals surface area contributed by atoms with E-state index in [0.717, 1.165) is 29.9 Å². The van der Waals surface area contributed by atoms with Crippen molar-refractivity contribution in [2.75, 3.05) is 11.4 Å². The first-order chi connectivity index (χ1) is 13.4. The lowest BCUT2D eigenvalue weighted by Crippen LogP contribution is -2.34. The molecule has 0 aromatic heterocycles. The van der Waals surface area contributed by atoms with Crippen LogP contribution in [0.3, 0.4) is 0 Å². The predicted molar refractivity (Wildman–Crippen MR) is 114 cm³/mol. The summed E-state index contributed by atoms with van der Waals surface area (Å²) in [5.41, 5.74) is 6.82. The van der Waals surface area contributed by atoms with E-state index >= 15 is 0 Å². The van der Waals surface area contributed by atoms with Gasteiger partial charge in [-0.25, -0.2) is 13.6 Å². The number of nitrogens with zero attached hydrogens (tertiary/aromatic N) is 1. The van der Waals surface area contributed by atoms with Crippen molar-refractivity contribution in [2.24, 2.45) is 5.14 Å². The molecule has 1 aliphatic rings. The maximum Gasteiger partial charge on any atom is 0.213 e. The number of anilines is 1. The zero-order valence-electron chi connectivity index (χ0n) is 15.9. The van der Waals surface area contributed by atoms with Gasteiger partial charge in [-0.15, -0.1) is 0 Å². The van der Waals surface area contributed by atoms with Crippen molar-refractivity contribution in [3.63, 3.8) is 0 Å². The van der Waals surface area contributed by atoms with Crippen molar-refractivity contribution in [3.8, 4) is 0 Å². The molecule has 1 unspecified atom stereocenters. The number of primary sulfonamides is 1. The van der Waals surface area contributed by atoms with E-state index in [-0.39, 0.29) is 5.75 Å². The van der Waals surface area contributed by atoms with Crippen molar-refractivity contribution in [1.82, 2.24) is 0 Å². The van der Waals surface area contributed by atoms with Crippen LogP contribution in [0.5, 0.6) is 0 Å². The molecule has 0 fully saturated rings. The van der Waals surface area contributed by atoms with E-state index in [1.54, 1.807) is 0 Å². The van der Waals surface area contributed by atoms with Gasteiger partial charge in [0, 0.05) is 24.7 Å².